The number of carboxylic acid groups (broad SMARTS) is 1. The Morgan fingerprint density at radius 3 is 2.65 bits per heavy atom. The molecule has 0 aliphatic carbocycles. The van der Waals surface area contributed by atoms with Crippen molar-refractivity contribution in [2.24, 2.45) is 0 Å². The van der Waals surface area contributed by atoms with Crippen molar-refractivity contribution in [1.29, 1.82) is 0 Å². The molecule has 1 heterocycles. The maximum atomic E-state index is 12.2. The predicted octanol–water partition coefficient (Wildman–Crippen LogP) is -0.500. The van der Waals surface area contributed by atoms with Gasteiger partial charge in [-0.15, -0.1) is 0 Å². The lowest BCUT2D eigenvalue weighted by Gasteiger charge is -2.20. The van der Waals surface area contributed by atoms with Gasteiger partial charge in [-0.2, -0.15) is 0 Å². The number of amides is 1. The van der Waals surface area contributed by atoms with Gasteiger partial charge in [-0.1, -0.05) is 6.07 Å². The van der Waals surface area contributed by atoms with Gasteiger partial charge in [-0.3, -0.25) is 9.59 Å². The van der Waals surface area contributed by atoms with Crippen molar-refractivity contribution in [1.82, 2.24) is 9.62 Å². The Hall–Kier alpha value is -2.13. The molecule has 1 aromatic rings. The Bertz CT molecular complexity index is 730. The van der Waals surface area contributed by atoms with Crippen LogP contribution in [0.2, 0.25) is 0 Å². The standard InChI is InChI=1S/C14H19N3O5S/c1-16(2)23(21,22)11-4-3-10-5-6-17(12(10)7-11)9-13(18)15-8-14(19)20/h3-4,7H,5-6,8-9H2,1-2H3,(H,15,18)(H,19,20). The summed E-state index contributed by atoms with van der Waals surface area (Å²) in [5, 5.41) is 10.9. The highest BCUT2D eigenvalue weighted by Gasteiger charge is 2.25. The van der Waals surface area contributed by atoms with Crippen LogP contribution in [0.15, 0.2) is 23.1 Å². The van der Waals surface area contributed by atoms with Crippen molar-refractivity contribution in [3.63, 3.8) is 0 Å². The number of carbonyl (C=O) groups is 2. The number of sulfonamides is 1. The highest BCUT2D eigenvalue weighted by Crippen LogP contribution is 2.30. The van der Waals surface area contributed by atoms with Crippen molar-refractivity contribution in [3.05, 3.63) is 23.8 Å². The molecule has 126 valence electrons. The fourth-order valence-electron chi connectivity index (χ4n) is 2.36. The van der Waals surface area contributed by atoms with Gasteiger partial charge in [0.15, 0.2) is 0 Å². The van der Waals surface area contributed by atoms with E-state index in [2.05, 4.69) is 5.32 Å². The Morgan fingerprint density at radius 1 is 1.35 bits per heavy atom. The number of carbonyl (C=O) groups excluding carboxylic acids is 1. The molecule has 0 fully saturated rings. The number of nitrogens with one attached hydrogen (secondary N) is 1. The summed E-state index contributed by atoms with van der Waals surface area (Å²) in [5.74, 6) is -1.53. The molecule has 1 aliphatic heterocycles. The first kappa shape index (κ1) is 17.2. The van der Waals surface area contributed by atoms with Gasteiger partial charge in [0.05, 0.1) is 11.4 Å². The van der Waals surface area contributed by atoms with Crippen LogP contribution < -0.4 is 10.2 Å². The Labute approximate surface area is 134 Å². The van der Waals surface area contributed by atoms with Crippen molar-refractivity contribution in [3.8, 4) is 0 Å². The number of aliphatic carboxylic acids is 1. The third-order valence-corrected chi connectivity index (χ3v) is 5.41. The predicted molar refractivity (Wildman–Crippen MR) is 83.9 cm³/mol. The minimum Gasteiger partial charge on any atom is -0.480 e. The quantitative estimate of drug-likeness (QED) is 0.722. The lowest BCUT2D eigenvalue weighted by molar-refractivity contribution is -0.137. The van der Waals surface area contributed by atoms with Crippen LogP contribution in [0.5, 0.6) is 0 Å². The first-order valence-electron chi connectivity index (χ1n) is 7.00. The van der Waals surface area contributed by atoms with Gasteiger partial charge in [-0.05, 0) is 24.1 Å². The van der Waals surface area contributed by atoms with Gasteiger partial charge in [0.1, 0.15) is 6.54 Å². The summed E-state index contributed by atoms with van der Waals surface area (Å²) >= 11 is 0. The monoisotopic (exact) mass is 341 g/mol. The van der Waals surface area contributed by atoms with E-state index >= 15 is 0 Å². The molecule has 23 heavy (non-hydrogen) atoms. The molecule has 9 heteroatoms. The molecular weight excluding hydrogens is 322 g/mol. The molecule has 1 amide bonds. The van der Waals surface area contributed by atoms with Gasteiger partial charge in [0.2, 0.25) is 15.9 Å². The lowest BCUT2D eigenvalue weighted by Crippen LogP contribution is -2.38. The number of hydrogen-bond donors (Lipinski definition) is 2. The first-order chi connectivity index (χ1) is 10.7. The number of nitrogens with zero attached hydrogens (tertiary/aromatic N) is 2. The molecule has 0 unspecified atom stereocenters. The maximum Gasteiger partial charge on any atom is 0.322 e. The molecule has 2 rings (SSSR count). The van der Waals surface area contributed by atoms with E-state index in [0.717, 1.165) is 9.87 Å². The molecule has 0 saturated heterocycles. The Morgan fingerprint density at radius 2 is 2.04 bits per heavy atom. The molecule has 0 saturated carbocycles. The van der Waals surface area contributed by atoms with Crippen LogP contribution in [-0.4, -0.2) is 63.4 Å². The van der Waals surface area contributed by atoms with Gasteiger partial charge in [-0.25, -0.2) is 12.7 Å². The van der Waals surface area contributed by atoms with Crippen molar-refractivity contribution in [2.45, 2.75) is 11.3 Å². The van der Waals surface area contributed by atoms with E-state index < -0.39 is 28.4 Å². The molecule has 2 N–H and O–H groups in total. The number of carboxylic acids is 1. The summed E-state index contributed by atoms with van der Waals surface area (Å²) in [6.45, 7) is 0.140. The number of fused-ring (bicyclic) bond motifs is 1. The van der Waals surface area contributed by atoms with Crippen molar-refractivity contribution in [2.75, 3.05) is 38.6 Å². The summed E-state index contributed by atoms with van der Waals surface area (Å²) in [6, 6.07) is 4.87. The smallest absolute Gasteiger partial charge is 0.322 e. The number of hydrogen-bond acceptors (Lipinski definition) is 5. The van der Waals surface area contributed by atoms with E-state index in [-0.39, 0.29) is 11.4 Å². The minimum absolute atomic E-state index is 0.00819. The van der Waals surface area contributed by atoms with E-state index in [1.54, 1.807) is 23.1 Å². The summed E-state index contributed by atoms with van der Waals surface area (Å²) in [4.78, 5) is 24.1. The number of rotatable bonds is 6. The highest BCUT2D eigenvalue weighted by atomic mass is 32.2. The van der Waals surface area contributed by atoms with Crippen LogP contribution in [0.25, 0.3) is 0 Å². The maximum absolute atomic E-state index is 12.2. The fraction of sp³-hybridized carbons (Fsp3) is 0.429. The van der Waals surface area contributed by atoms with Crippen LogP contribution in [-0.2, 0) is 26.0 Å². The topological polar surface area (TPSA) is 107 Å². The van der Waals surface area contributed by atoms with Crippen LogP contribution in [0.1, 0.15) is 5.56 Å². The third kappa shape index (κ3) is 3.80. The summed E-state index contributed by atoms with van der Waals surface area (Å²) in [7, 11) is -0.627. The van der Waals surface area contributed by atoms with E-state index in [0.29, 0.717) is 18.7 Å². The molecule has 0 atom stereocenters. The van der Waals surface area contributed by atoms with Crippen LogP contribution >= 0.6 is 0 Å². The Balaban J connectivity index is 2.19. The van der Waals surface area contributed by atoms with E-state index in [9.17, 15) is 18.0 Å². The first-order valence-corrected chi connectivity index (χ1v) is 8.44. The average molecular weight is 341 g/mol. The van der Waals surface area contributed by atoms with Gasteiger partial charge < -0.3 is 15.3 Å². The largest absolute Gasteiger partial charge is 0.480 e. The van der Waals surface area contributed by atoms with E-state index in [1.807, 2.05) is 0 Å². The molecule has 0 spiro atoms. The molecule has 8 nitrogen and oxygen atoms in total. The molecule has 1 aliphatic rings. The lowest BCUT2D eigenvalue weighted by atomic mass is 10.2. The normalized spacial score (nSPS) is 14.0. The molecule has 0 aromatic heterocycles. The zero-order valence-electron chi connectivity index (χ0n) is 12.9. The minimum atomic E-state index is -3.54. The van der Waals surface area contributed by atoms with Crippen molar-refractivity contribution >= 4 is 27.6 Å². The second kappa shape index (κ2) is 6.55. The number of anilines is 1. The Kier molecular flexibility index (Phi) is 4.90. The third-order valence-electron chi connectivity index (χ3n) is 3.60. The fourth-order valence-corrected chi connectivity index (χ4v) is 3.29. The zero-order chi connectivity index (χ0) is 17.2. The highest BCUT2D eigenvalue weighted by molar-refractivity contribution is 7.89. The van der Waals surface area contributed by atoms with Crippen LogP contribution in [0.4, 0.5) is 5.69 Å². The SMILES string of the molecule is CN(C)S(=O)(=O)c1ccc2c(c1)N(CC(=O)NCC(=O)O)CC2. The average Bonchev–Trinajstić information content (AvgIpc) is 2.87. The molecule has 0 radical (unpaired) electrons. The van der Waals surface area contributed by atoms with Crippen molar-refractivity contribution < 1.29 is 23.1 Å². The molecule has 1 aromatic carbocycles. The summed E-state index contributed by atoms with van der Waals surface area (Å²) < 4.78 is 25.5. The van der Waals surface area contributed by atoms with Crippen LogP contribution in [0, 0.1) is 0 Å². The second-order valence-electron chi connectivity index (χ2n) is 5.42. The second-order valence-corrected chi connectivity index (χ2v) is 7.57. The summed E-state index contributed by atoms with van der Waals surface area (Å²) in [5.41, 5.74) is 1.66. The summed E-state index contributed by atoms with van der Waals surface area (Å²) in [6.07, 6.45) is 0.712. The number of benzene rings is 1. The molecular formula is C14H19N3O5S. The van der Waals surface area contributed by atoms with Gasteiger partial charge >= 0.3 is 5.97 Å². The van der Waals surface area contributed by atoms with E-state index in [4.69, 9.17) is 5.11 Å². The zero-order valence-corrected chi connectivity index (χ0v) is 13.8. The van der Waals surface area contributed by atoms with Gasteiger partial charge in [0.25, 0.3) is 0 Å². The molecule has 0 bridgehead atoms. The van der Waals surface area contributed by atoms with Crippen LogP contribution in [0.3, 0.4) is 0 Å². The van der Waals surface area contributed by atoms with Gasteiger partial charge in [0, 0.05) is 26.3 Å². The van der Waals surface area contributed by atoms with E-state index in [1.165, 1.54) is 14.1 Å².